The van der Waals surface area contributed by atoms with Crippen LogP contribution in [0.1, 0.15) is 36.7 Å². The third kappa shape index (κ3) is 3.34. The van der Waals surface area contributed by atoms with Crippen molar-refractivity contribution in [1.82, 2.24) is 9.80 Å². The van der Waals surface area contributed by atoms with Crippen LogP contribution in [0.5, 0.6) is 0 Å². The van der Waals surface area contributed by atoms with Gasteiger partial charge in [0.25, 0.3) is 5.91 Å². The van der Waals surface area contributed by atoms with Crippen LogP contribution in [0.25, 0.3) is 0 Å². The molecule has 1 heterocycles. The molecule has 1 atom stereocenters. The van der Waals surface area contributed by atoms with Gasteiger partial charge >= 0.3 is 0 Å². The molecule has 25 heavy (non-hydrogen) atoms. The fourth-order valence-electron chi connectivity index (χ4n) is 2.90. The third-order valence-corrected chi connectivity index (χ3v) is 4.39. The molecule has 1 saturated heterocycles. The van der Waals surface area contributed by atoms with Crippen LogP contribution in [-0.2, 0) is 4.79 Å². The summed E-state index contributed by atoms with van der Waals surface area (Å²) in [5, 5.41) is 0. The Labute approximate surface area is 143 Å². The molecule has 0 radical (unpaired) electrons. The lowest BCUT2D eigenvalue weighted by molar-refractivity contribution is -0.136. The van der Waals surface area contributed by atoms with Crippen molar-refractivity contribution in [2.75, 3.05) is 19.6 Å². The van der Waals surface area contributed by atoms with Crippen LogP contribution in [0.15, 0.2) is 0 Å². The highest BCUT2D eigenvalue weighted by Gasteiger charge is 2.35. The average Bonchev–Trinajstić information content (AvgIpc) is 2.57. The van der Waals surface area contributed by atoms with E-state index in [9.17, 15) is 27.2 Å². The molecule has 0 aromatic heterocycles. The van der Waals surface area contributed by atoms with Crippen LogP contribution in [0.4, 0.5) is 17.6 Å². The molecule has 2 amide bonds. The average molecular weight is 360 g/mol. The lowest BCUT2D eigenvalue weighted by Crippen LogP contribution is -2.56. The fourth-order valence-corrected chi connectivity index (χ4v) is 2.90. The molecule has 0 bridgehead atoms. The molecule has 1 fully saturated rings. The van der Waals surface area contributed by atoms with Crippen molar-refractivity contribution in [3.8, 4) is 0 Å². The van der Waals surface area contributed by atoms with Gasteiger partial charge in [-0.05, 0) is 13.8 Å². The molecule has 138 valence electrons. The lowest BCUT2D eigenvalue weighted by atomic mass is 10.0. The zero-order valence-corrected chi connectivity index (χ0v) is 14.5. The van der Waals surface area contributed by atoms with Crippen molar-refractivity contribution in [1.29, 1.82) is 0 Å². The number of hydrogen-bond acceptors (Lipinski definition) is 2. The van der Waals surface area contributed by atoms with Crippen molar-refractivity contribution in [3.63, 3.8) is 0 Å². The van der Waals surface area contributed by atoms with E-state index in [1.807, 2.05) is 0 Å². The Bertz CT molecular complexity index is 692. The van der Waals surface area contributed by atoms with Crippen LogP contribution in [0.2, 0.25) is 0 Å². The summed E-state index contributed by atoms with van der Waals surface area (Å²) in [6, 6.07) is -0.546. The fraction of sp³-hybridized carbons (Fsp3) is 0.529. The largest absolute Gasteiger partial charge is 0.339 e. The van der Waals surface area contributed by atoms with Crippen LogP contribution in [-0.4, -0.2) is 47.3 Å². The zero-order chi connectivity index (χ0) is 19.0. The molecule has 8 heteroatoms. The van der Waals surface area contributed by atoms with Crippen molar-refractivity contribution in [3.05, 3.63) is 34.4 Å². The summed E-state index contributed by atoms with van der Waals surface area (Å²) in [4.78, 5) is 27.2. The Hall–Kier alpha value is -2.12. The minimum Gasteiger partial charge on any atom is -0.339 e. The second-order valence-electron chi connectivity index (χ2n) is 6.54. The maximum Gasteiger partial charge on any atom is 0.260 e. The normalized spacial score (nSPS) is 18.0. The zero-order valence-electron chi connectivity index (χ0n) is 14.5. The minimum atomic E-state index is -1.70. The van der Waals surface area contributed by atoms with Crippen LogP contribution >= 0.6 is 0 Å². The number of rotatable bonds is 2. The molecule has 1 unspecified atom stereocenters. The molecule has 0 N–H and O–H groups in total. The molecular weight excluding hydrogens is 340 g/mol. The van der Waals surface area contributed by atoms with E-state index in [0.29, 0.717) is 0 Å². The molecule has 4 nitrogen and oxygen atoms in total. The molecule has 0 aliphatic carbocycles. The monoisotopic (exact) mass is 360 g/mol. The summed E-state index contributed by atoms with van der Waals surface area (Å²) in [5.41, 5.74) is -2.05. The summed E-state index contributed by atoms with van der Waals surface area (Å²) in [5.74, 6) is -8.00. The van der Waals surface area contributed by atoms with E-state index in [4.69, 9.17) is 0 Å². The summed E-state index contributed by atoms with van der Waals surface area (Å²) in [6.07, 6.45) is 0. The van der Waals surface area contributed by atoms with E-state index in [2.05, 4.69) is 0 Å². The number of halogens is 4. The number of hydrogen-bond donors (Lipinski definition) is 0. The Morgan fingerprint density at radius 1 is 1.00 bits per heavy atom. The maximum atomic E-state index is 14.1. The predicted molar refractivity (Wildman–Crippen MR) is 82.9 cm³/mol. The Kier molecular flexibility index (Phi) is 5.39. The molecule has 1 aliphatic rings. The van der Waals surface area contributed by atoms with Gasteiger partial charge in [-0.3, -0.25) is 9.59 Å². The highest BCUT2D eigenvalue weighted by Crippen LogP contribution is 2.26. The summed E-state index contributed by atoms with van der Waals surface area (Å²) in [7, 11) is 0. The standard InChI is InChI=1S/C17H20F4N2O2/c1-8(2)16(24)22-5-6-23(9(3)7-22)17(25)11-14(20)12(18)10(4)13(19)15(11)21/h8-9H,5-7H2,1-4H3. The predicted octanol–water partition coefficient (Wildman–Crippen LogP) is 2.88. The number of piperazine rings is 1. The van der Waals surface area contributed by atoms with Gasteiger partial charge in [0, 0.05) is 37.2 Å². The Morgan fingerprint density at radius 3 is 1.96 bits per heavy atom. The van der Waals surface area contributed by atoms with Gasteiger partial charge in [-0.25, -0.2) is 17.6 Å². The van der Waals surface area contributed by atoms with E-state index < -0.39 is 46.3 Å². The lowest BCUT2D eigenvalue weighted by Gasteiger charge is -2.40. The van der Waals surface area contributed by atoms with E-state index in [1.54, 1.807) is 25.7 Å². The first-order valence-corrected chi connectivity index (χ1v) is 8.00. The van der Waals surface area contributed by atoms with Crippen LogP contribution in [0, 0.1) is 36.1 Å². The van der Waals surface area contributed by atoms with Gasteiger partial charge in [-0.15, -0.1) is 0 Å². The highest BCUT2D eigenvalue weighted by molar-refractivity contribution is 5.95. The molecule has 0 spiro atoms. The van der Waals surface area contributed by atoms with Gasteiger partial charge in [-0.2, -0.15) is 0 Å². The first kappa shape index (κ1) is 19.2. The van der Waals surface area contributed by atoms with Gasteiger partial charge in [0.2, 0.25) is 5.91 Å². The number of carbonyl (C=O) groups is 2. The van der Waals surface area contributed by atoms with Crippen molar-refractivity contribution in [2.45, 2.75) is 33.7 Å². The van der Waals surface area contributed by atoms with E-state index in [-0.39, 0.29) is 31.5 Å². The smallest absolute Gasteiger partial charge is 0.260 e. The van der Waals surface area contributed by atoms with E-state index >= 15 is 0 Å². The van der Waals surface area contributed by atoms with Crippen molar-refractivity contribution in [2.24, 2.45) is 5.92 Å². The van der Waals surface area contributed by atoms with Gasteiger partial charge in [-0.1, -0.05) is 13.8 Å². The molecule has 1 aliphatic heterocycles. The van der Waals surface area contributed by atoms with Gasteiger partial charge < -0.3 is 9.80 Å². The maximum absolute atomic E-state index is 14.1. The first-order chi connectivity index (χ1) is 11.6. The number of carbonyl (C=O) groups excluding carboxylic acids is 2. The first-order valence-electron chi connectivity index (χ1n) is 8.00. The Balaban J connectivity index is 2.30. The topological polar surface area (TPSA) is 40.6 Å². The second-order valence-corrected chi connectivity index (χ2v) is 6.54. The summed E-state index contributed by atoms with van der Waals surface area (Å²) >= 11 is 0. The Morgan fingerprint density at radius 2 is 1.52 bits per heavy atom. The van der Waals surface area contributed by atoms with Crippen molar-refractivity contribution >= 4 is 11.8 Å². The minimum absolute atomic E-state index is 0.0223. The van der Waals surface area contributed by atoms with Gasteiger partial charge in [0.05, 0.1) is 0 Å². The van der Waals surface area contributed by atoms with Crippen molar-refractivity contribution < 1.29 is 27.2 Å². The summed E-state index contributed by atoms with van der Waals surface area (Å²) < 4.78 is 55.5. The number of amides is 2. The number of benzene rings is 1. The molecular formula is C17H20F4N2O2. The molecule has 1 aromatic rings. The third-order valence-electron chi connectivity index (χ3n) is 4.39. The van der Waals surface area contributed by atoms with E-state index in [1.165, 1.54) is 0 Å². The highest BCUT2D eigenvalue weighted by atomic mass is 19.2. The molecule has 2 rings (SSSR count). The van der Waals surface area contributed by atoms with Crippen LogP contribution in [0.3, 0.4) is 0 Å². The number of nitrogens with zero attached hydrogens (tertiary/aromatic N) is 2. The quantitative estimate of drug-likeness (QED) is 0.601. The van der Waals surface area contributed by atoms with Crippen LogP contribution < -0.4 is 0 Å². The SMILES string of the molecule is Cc1c(F)c(F)c(C(=O)N2CCN(C(=O)C(C)C)CC2C)c(F)c1F. The van der Waals surface area contributed by atoms with Gasteiger partial charge in [0.1, 0.15) is 5.56 Å². The van der Waals surface area contributed by atoms with E-state index in [0.717, 1.165) is 11.8 Å². The molecule has 1 aromatic carbocycles. The summed E-state index contributed by atoms with van der Waals surface area (Å²) in [6.45, 7) is 6.38. The second kappa shape index (κ2) is 7.01. The molecule has 0 saturated carbocycles. The van der Waals surface area contributed by atoms with Gasteiger partial charge in [0.15, 0.2) is 23.3 Å².